The maximum Gasteiger partial charge on any atom is 0.308 e. The molecule has 0 saturated carbocycles. The van der Waals surface area contributed by atoms with Crippen LogP contribution in [0.15, 0.2) is 72.9 Å². The van der Waals surface area contributed by atoms with E-state index in [1.165, 1.54) is 18.5 Å². The van der Waals surface area contributed by atoms with Gasteiger partial charge in [-0.2, -0.15) is 0 Å². The number of carbonyl (C=O) groups is 2. The Bertz CT molecular complexity index is 1960. The van der Waals surface area contributed by atoms with Crippen LogP contribution in [0.3, 0.4) is 0 Å². The molecule has 0 spiro atoms. The minimum atomic E-state index is -2.39. The number of rotatable bonds is 6. The molecule has 77 heavy (non-hydrogen) atoms. The summed E-state index contributed by atoms with van der Waals surface area (Å²) in [7, 11) is 0. The van der Waals surface area contributed by atoms with Crippen LogP contribution in [0.1, 0.15) is 91.9 Å². The van der Waals surface area contributed by atoms with E-state index in [9.17, 15) is 81.2 Å². The maximum absolute atomic E-state index is 13.1. The van der Waals surface area contributed by atoms with Gasteiger partial charge in [0.2, 0.25) is 0 Å². The second kappa shape index (κ2) is 32.1. The van der Waals surface area contributed by atoms with Gasteiger partial charge < -0.3 is 101 Å². The van der Waals surface area contributed by atoms with E-state index in [1.807, 2.05) is 37.3 Å². The average Bonchev–Trinajstić information content (AvgIpc) is 3.37. The molecule has 1 unspecified atom stereocenters. The molecule has 0 aliphatic carbocycles. The molecular weight excluding hydrogens is 1020 g/mol. The summed E-state index contributed by atoms with van der Waals surface area (Å²) in [6.45, 7) is 5.96. The fraction of sp³-hybridized carbons (Fsp3) is 0.736. The number of aliphatic hydroxyl groups excluding tert-OH is 12. The highest BCUT2D eigenvalue weighted by molar-refractivity contribution is 5.78. The Balaban J connectivity index is 1.58. The molecule has 1 amide bonds. The van der Waals surface area contributed by atoms with Gasteiger partial charge in [0.25, 0.3) is 5.91 Å². The Morgan fingerprint density at radius 1 is 0.675 bits per heavy atom. The molecule has 24 heteroatoms. The van der Waals surface area contributed by atoms with Crippen molar-refractivity contribution in [1.82, 2.24) is 5.48 Å². The van der Waals surface area contributed by atoms with Gasteiger partial charge in [-0.1, -0.05) is 86.8 Å². The quantitative estimate of drug-likeness (QED) is 0.0791. The van der Waals surface area contributed by atoms with Gasteiger partial charge in [-0.25, -0.2) is 5.48 Å². The number of allylic oxidation sites excluding steroid dienone is 10. The first kappa shape index (κ1) is 66.1. The number of esters is 1. The Morgan fingerprint density at radius 3 is 1.94 bits per heavy atom. The van der Waals surface area contributed by atoms with Gasteiger partial charge in [0.05, 0.1) is 92.1 Å². The first-order valence-corrected chi connectivity index (χ1v) is 26.4. The molecule has 0 aromatic heterocycles. The lowest BCUT2D eigenvalue weighted by Crippen LogP contribution is -2.62. The minimum absolute atomic E-state index is 0.191. The van der Waals surface area contributed by atoms with Crippen LogP contribution in [0.25, 0.3) is 0 Å². The predicted molar refractivity (Wildman–Crippen MR) is 272 cm³/mol. The molecule has 4 aliphatic heterocycles. The van der Waals surface area contributed by atoms with Gasteiger partial charge in [-0.15, -0.1) is 0 Å². The molecule has 17 N–H and O–H groups in total. The third-order valence-electron chi connectivity index (χ3n) is 14.5. The third-order valence-corrected chi connectivity index (χ3v) is 14.5. The van der Waals surface area contributed by atoms with E-state index in [0.717, 1.165) is 0 Å². The molecule has 4 heterocycles. The van der Waals surface area contributed by atoms with Crippen molar-refractivity contribution in [3.8, 4) is 0 Å². The zero-order chi connectivity index (χ0) is 57.1. The summed E-state index contributed by atoms with van der Waals surface area (Å²) in [5.74, 6) is -6.89. The molecule has 24 atom stereocenters. The van der Waals surface area contributed by atoms with Crippen LogP contribution in [0.5, 0.6) is 0 Å². The van der Waals surface area contributed by atoms with Crippen molar-refractivity contribution in [3.05, 3.63) is 72.9 Å². The van der Waals surface area contributed by atoms with Crippen molar-refractivity contribution in [2.45, 2.75) is 220 Å². The van der Waals surface area contributed by atoms with Crippen molar-refractivity contribution in [2.24, 2.45) is 23.5 Å². The van der Waals surface area contributed by atoms with Gasteiger partial charge in [0.1, 0.15) is 36.6 Å². The zero-order valence-electron chi connectivity index (χ0n) is 44.1. The second-order valence-electron chi connectivity index (χ2n) is 20.8. The smallest absolute Gasteiger partial charge is 0.308 e. The van der Waals surface area contributed by atoms with Gasteiger partial charge in [0, 0.05) is 31.1 Å². The van der Waals surface area contributed by atoms with Gasteiger partial charge in [0.15, 0.2) is 18.4 Å². The molecule has 0 aromatic rings. The van der Waals surface area contributed by atoms with E-state index < -0.39 is 184 Å². The van der Waals surface area contributed by atoms with E-state index in [0.29, 0.717) is 12.8 Å². The van der Waals surface area contributed by atoms with Gasteiger partial charge >= 0.3 is 5.97 Å². The van der Waals surface area contributed by atoms with Crippen molar-refractivity contribution in [1.29, 1.82) is 0 Å². The van der Waals surface area contributed by atoms with Crippen molar-refractivity contribution in [3.63, 3.8) is 0 Å². The Kier molecular flexibility index (Phi) is 27.6. The maximum atomic E-state index is 13.1. The predicted octanol–water partition coefficient (Wildman–Crippen LogP) is -1.82. The number of carbonyl (C=O) groups excluding carboxylic acids is 2. The molecule has 4 aliphatic rings. The highest BCUT2D eigenvalue weighted by atomic mass is 16.7. The van der Waals surface area contributed by atoms with E-state index >= 15 is 0 Å². The molecule has 24 nitrogen and oxygen atoms in total. The number of aliphatic hydroxyl groups is 13. The summed E-state index contributed by atoms with van der Waals surface area (Å²) in [4.78, 5) is 26.1. The molecule has 2 bridgehead atoms. The highest BCUT2D eigenvalue weighted by Crippen LogP contribution is 2.38. The highest BCUT2D eigenvalue weighted by Gasteiger charge is 2.51. The Morgan fingerprint density at radius 2 is 1.27 bits per heavy atom. The van der Waals surface area contributed by atoms with Crippen LogP contribution < -0.4 is 11.2 Å². The van der Waals surface area contributed by atoms with E-state index in [-0.39, 0.29) is 32.1 Å². The molecule has 0 aromatic carbocycles. The van der Waals surface area contributed by atoms with Crippen LogP contribution in [0.4, 0.5) is 0 Å². The van der Waals surface area contributed by atoms with E-state index in [2.05, 4.69) is 0 Å². The fourth-order valence-electron chi connectivity index (χ4n) is 9.77. The number of hydroxylamine groups is 1. The monoisotopic (exact) mass is 1100 g/mol. The van der Waals surface area contributed by atoms with Crippen molar-refractivity contribution in [2.75, 3.05) is 6.61 Å². The Hall–Kier alpha value is -3.42. The number of hydrogen-bond acceptors (Lipinski definition) is 23. The first-order chi connectivity index (χ1) is 36.4. The number of ether oxygens (including phenoxy) is 6. The average molecular weight is 1100 g/mol. The standard InChI is InChI=1S/C53H86N2O22/c1-28-17-15-13-11-9-7-5-6-8-10-12-14-16-18-35(74-51-46(66)43(54)44(64)31(4)73-51)24-39-42(50(69)55-71)38(62)26-53(70,77-39)25-37(61)36(60)20-19-32(57)21-33(58)22-34(59)23-41(63)72-30(3)29(2)49(28)76-52-48(68)47(67)45(65)40(27-56)75-52/h5-6,8,10-18,28-40,42-49,51-52,56-62,64-68,70-71H,7,9,19-27,54H2,1-4H3,(H,55,69)/b6-5+,10-8+,13-11+,14-12+,17-15+,18-16+/t28-,29-,30-,31+,32+,33+,34+,35-,36+,37+,38-,39-,40+,42+,43-,44+,45+,46-,47-,48+,49+,51-,52?,53+/m0/s1. The molecule has 440 valence electrons. The molecule has 3 fully saturated rings. The number of nitrogens with two attached hydrogens (primary N) is 1. The summed E-state index contributed by atoms with van der Waals surface area (Å²) in [5, 5.41) is 150. The SMILES string of the molecule is C[C@@H]1[C@H](OC2O[C@H](CO)[C@@H](O)[C@H](O)[C@H]2O)[C@@H](C)/C=C/C=C/CC/C=C/C=C/C=C/C=C/[C@H](O[C@@H]2O[C@H](C)[C@@H](O)[C@H](N)[C@@H]2O)C[C@@H]2O[C@](O)(C[C@@H](O)[C@H](O)CC[C@@H](O)C[C@@H](O)C[C@@H](O)CC(=O)O[C@H]1C)C[C@H](O)[C@H]2C(=O)NO. The summed E-state index contributed by atoms with van der Waals surface area (Å²) in [6.07, 6.45) is -7.24. The summed E-state index contributed by atoms with van der Waals surface area (Å²) in [5.41, 5.74) is 7.55. The first-order valence-electron chi connectivity index (χ1n) is 26.4. The van der Waals surface area contributed by atoms with Crippen LogP contribution >= 0.6 is 0 Å². The van der Waals surface area contributed by atoms with Crippen LogP contribution in [0, 0.1) is 17.8 Å². The lowest BCUT2D eigenvalue weighted by atomic mass is 9.82. The number of hydrogen-bond donors (Lipinski definition) is 16. The number of cyclic esters (lactones) is 1. The largest absolute Gasteiger partial charge is 0.462 e. The zero-order valence-corrected chi connectivity index (χ0v) is 44.1. The fourth-order valence-corrected chi connectivity index (χ4v) is 9.77. The van der Waals surface area contributed by atoms with Gasteiger partial charge in [-0.3, -0.25) is 14.8 Å². The molecule has 4 rings (SSSR count). The summed E-state index contributed by atoms with van der Waals surface area (Å²) < 4.78 is 35.4. The molecular formula is C53H86N2O22. The Labute approximate surface area is 449 Å². The minimum Gasteiger partial charge on any atom is -0.462 e. The lowest BCUT2D eigenvalue weighted by Gasteiger charge is -2.46. The van der Waals surface area contributed by atoms with Crippen LogP contribution in [-0.2, 0) is 38.0 Å². The van der Waals surface area contributed by atoms with E-state index in [4.69, 9.17) is 34.2 Å². The van der Waals surface area contributed by atoms with Crippen molar-refractivity contribution >= 4 is 11.9 Å². The summed E-state index contributed by atoms with van der Waals surface area (Å²) >= 11 is 0. The van der Waals surface area contributed by atoms with Crippen molar-refractivity contribution < 1.29 is 110 Å². The van der Waals surface area contributed by atoms with Crippen LogP contribution in [-0.4, -0.2) is 218 Å². The summed E-state index contributed by atoms with van der Waals surface area (Å²) in [6, 6.07) is -1.17. The van der Waals surface area contributed by atoms with Gasteiger partial charge in [-0.05, 0) is 52.4 Å². The van der Waals surface area contributed by atoms with E-state index in [1.54, 1.807) is 50.3 Å². The second-order valence-corrected chi connectivity index (χ2v) is 20.8. The lowest BCUT2D eigenvalue weighted by molar-refractivity contribution is -0.318. The number of nitrogens with one attached hydrogen (secondary N) is 1. The molecule has 3 saturated heterocycles. The third kappa shape index (κ3) is 20.3. The number of fused-ring (bicyclic) bond motifs is 2. The number of amides is 1. The normalized spacial score (nSPS) is 46.1. The topological polar surface area (TPSA) is 411 Å². The van der Waals surface area contributed by atoms with Crippen LogP contribution in [0.2, 0.25) is 0 Å². The molecule has 0 radical (unpaired) electrons.